The molecule has 1 saturated heterocycles. The lowest BCUT2D eigenvalue weighted by Gasteiger charge is -2.22. The van der Waals surface area contributed by atoms with Crippen LogP contribution in [0.5, 0.6) is 0 Å². The molecule has 0 saturated carbocycles. The van der Waals surface area contributed by atoms with Crippen LogP contribution in [0, 0.1) is 0 Å². The van der Waals surface area contributed by atoms with Gasteiger partial charge in [-0.05, 0) is 33.6 Å². The van der Waals surface area contributed by atoms with Crippen LogP contribution >= 0.6 is 0 Å². The van der Waals surface area contributed by atoms with Crippen molar-refractivity contribution < 1.29 is 9.53 Å². The van der Waals surface area contributed by atoms with Crippen LogP contribution < -0.4 is 5.32 Å². The highest BCUT2D eigenvalue weighted by Gasteiger charge is 2.19. The van der Waals surface area contributed by atoms with E-state index in [1.807, 2.05) is 20.8 Å². The molecule has 0 aliphatic carbocycles. The maximum atomic E-state index is 11.5. The summed E-state index contributed by atoms with van der Waals surface area (Å²) in [5, 5.41) is 3.04. The average Bonchev–Trinajstić information content (AvgIpc) is 2.69. The molecule has 5 heteroatoms. The second-order valence-corrected chi connectivity index (χ2v) is 5.18. The van der Waals surface area contributed by atoms with Gasteiger partial charge in [0.25, 0.3) is 0 Å². The molecule has 0 bridgehead atoms. The Kier molecular flexibility index (Phi) is 4.78. The standard InChI is InChI=1S/C12H23N3O2/c1-12(2,3)17-10(16)9-14-11(13-4)15-7-5-6-8-15/h5-9H2,1-4H3,(H,13,14). The molecule has 0 aromatic rings. The number of hydrogen-bond donors (Lipinski definition) is 1. The molecule has 0 aromatic carbocycles. The fraction of sp³-hybridized carbons (Fsp3) is 0.833. The van der Waals surface area contributed by atoms with E-state index in [1.165, 1.54) is 12.8 Å². The van der Waals surface area contributed by atoms with Gasteiger partial charge in [-0.25, -0.2) is 0 Å². The van der Waals surface area contributed by atoms with E-state index in [0.29, 0.717) is 0 Å². The molecule has 0 aromatic heterocycles. The largest absolute Gasteiger partial charge is 0.459 e. The quantitative estimate of drug-likeness (QED) is 0.445. The van der Waals surface area contributed by atoms with Crippen LogP contribution in [-0.2, 0) is 9.53 Å². The highest BCUT2D eigenvalue weighted by Crippen LogP contribution is 2.08. The summed E-state index contributed by atoms with van der Waals surface area (Å²) < 4.78 is 5.22. The van der Waals surface area contributed by atoms with E-state index < -0.39 is 5.60 Å². The summed E-state index contributed by atoms with van der Waals surface area (Å²) in [6, 6.07) is 0. The first kappa shape index (κ1) is 13.8. The van der Waals surface area contributed by atoms with Crippen LogP contribution in [0.25, 0.3) is 0 Å². The van der Waals surface area contributed by atoms with Crippen LogP contribution in [0.4, 0.5) is 0 Å². The third kappa shape index (κ3) is 5.06. The Hall–Kier alpha value is -1.26. The fourth-order valence-corrected chi connectivity index (χ4v) is 1.79. The highest BCUT2D eigenvalue weighted by molar-refractivity contribution is 5.84. The maximum Gasteiger partial charge on any atom is 0.325 e. The van der Waals surface area contributed by atoms with E-state index in [1.54, 1.807) is 7.05 Å². The van der Waals surface area contributed by atoms with Gasteiger partial charge in [0.1, 0.15) is 12.1 Å². The van der Waals surface area contributed by atoms with E-state index >= 15 is 0 Å². The minimum Gasteiger partial charge on any atom is -0.459 e. The molecule has 0 unspecified atom stereocenters. The van der Waals surface area contributed by atoms with Crippen LogP contribution in [-0.4, -0.2) is 49.1 Å². The molecule has 1 rings (SSSR count). The van der Waals surface area contributed by atoms with Gasteiger partial charge in [0.15, 0.2) is 5.96 Å². The van der Waals surface area contributed by atoms with Crippen molar-refractivity contribution in [1.82, 2.24) is 10.2 Å². The Labute approximate surface area is 103 Å². The minimum atomic E-state index is -0.435. The number of guanidine groups is 1. The van der Waals surface area contributed by atoms with Gasteiger partial charge in [0.2, 0.25) is 0 Å². The van der Waals surface area contributed by atoms with Crippen molar-refractivity contribution in [3.8, 4) is 0 Å². The summed E-state index contributed by atoms with van der Waals surface area (Å²) in [5.41, 5.74) is -0.435. The maximum absolute atomic E-state index is 11.5. The smallest absolute Gasteiger partial charge is 0.325 e. The predicted molar refractivity (Wildman–Crippen MR) is 68.0 cm³/mol. The average molecular weight is 241 g/mol. The van der Waals surface area contributed by atoms with Gasteiger partial charge in [0.05, 0.1) is 0 Å². The van der Waals surface area contributed by atoms with Crippen molar-refractivity contribution in [1.29, 1.82) is 0 Å². The van der Waals surface area contributed by atoms with Crippen molar-refractivity contribution in [2.45, 2.75) is 39.2 Å². The number of esters is 1. The van der Waals surface area contributed by atoms with Gasteiger partial charge in [-0.3, -0.25) is 9.79 Å². The zero-order chi connectivity index (χ0) is 12.9. The van der Waals surface area contributed by atoms with Gasteiger partial charge in [0, 0.05) is 20.1 Å². The number of nitrogens with zero attached hydrogens (tertiary/aromatic N) is 2. The van der Waals surface area contributed by atoms with Crippen LogP contribution in [0.1, 0.15) is 33.6 Å². The fourth-order valence-electron chi connectivity index (χ4n) is 1.79. The third-order valence-electron chi connectivity index (χ3n) is 2.43. The first-order valence-electron chi connectivity index (χ1n) is 6.10. The summed E-state index contributed by atoms with van der Waals surface area (Å²) in [6.45, 7) is 7.77. The molecule has 5 nitrogen and oxygen atoms in total. The Balaban J connectivity index is 2.35. The molecule has 1 N–H and O–H groups in total. The summed E-state index contributed by atoms with van der Waals surface area (Å²) in [7, 11) is 1.73. The van der Waals surface area contributed by atoms with Crippen LogP contribution in [0.3, 0.4) is 0 Å². The number of aliphatic imine (C=N–C) groups is 1. The molecule has 0 radical (unpaired) electrons. The van der Waals surface area contributed by atoms with E-state index in [4.69, 9.17) is 4.74 Å². The summed E-state index contributed by atoms with van der Waals surface area (Å²) in [5.74, 6) is 0.534. The lowest BCUT2D eigenvalue weighted by atomic mass is 10.2. The molecule has 0 atom stereocenters. The van der Waals surface area contributed by atoms with Gasteiger partial charge < -0.3 is 15.0 Å². The lowest BCUT2D eigenvalue weighted by Crippen LogP contribution is -2.43. The van der Waals surface area contributed by atoms with Gasteiger partial charge >= 0.3 is 5.97 Å². The van der Waals surface area contributed by atoms with Crippen molar-refractivity contribution in [2.24, 2.45) is 4.99 Å². The number of rotatable bonds is 2. The van der Waals surface area contributed by atoms with Crippen LogP contribution in [0.15, 0.2) is 4.99 Å². The molecule has 1 aliphatic heterocycles. The number of likely N-dealkylation sites (tertiary alicyclic amines) is 1. The zero-order valence-corrected chi connectivity index (χ0v) is 11.2. The topological polar surface area (TPSA) is 53.9 Å². The van der Waals surface area contributed by atoms with E-state index in [0.717, 1.165) is 19.0 Å². The highest BCUT2D eigenvalue weighted by atomic mass is 16.6. The summed E-state index contributed by atoms with van der Waals surface area (Å²) in [6.07, 6.45) is 2.38. The number of nitrogens with one attached hydrogen (secondary N) is 1. The first-order chi connectivity index (χ1) is 7.92. The third-order valence-corrected chi connectivity index (χ3v) is 2.43. The van der Waals surface area contributed by atoms with Gasteiger partial charge in [-0.2, -0.15) is 0 Å². The number of ether oxygens (including phenoxy) is 1. The zero-order valence-electron chi connectivity index (χ0n) is 11.2. The van der Waals surface area contributed by atoms with Crippen LogP contribution in [0.2, 0.25) is 0 Å². The lowest BCUT2D eigenvalue weighted by molar-refractivity contribution is -0.153. The van der Waals surface area contributed by atoms with Crippen molar-refractivity contribution in [2.75, 3.05) is 26.7 Å². The summed E-state index contributed by atoms with van der Waals surface area (Å²) in [4.78, 5) is 17.9. The SMILES string of the molecule is CN=C(NCC(=O)OC(C)(C)C)N1CCCC1. The second kappa shape index (κ2) is 5.89. The Morgan fingerprint density at radius 1 is 1.35 bits per heavy atom. The Morgan fingerprint density at radius 3 is 2.41 bits per heavy atom. The minimum absolute atomic E-state index is 0.167. The number of hydrogen-bond acceptors (Lipinski definition) is 3. The van der Waals surface area contributed by atoms with Crippen molar-refractivity contribution in [3.63, 3.8) is 0 Å². The Morgan fingerprint density at radius 2 is 1.94 bits per heavy atom. The molecular weight excluding hydrogens is 218 g/mol. The molecule has 17 heavy (non-hydrogen) atoms. The molecule has 1 aliphatic rings. The van der Waals surface area contributed by atoms with Crippen molar-refractivity contribution >= 4 is 11.9 Å². The normalized spacial score (nSPS) is 17.2. The number of carbonyl (C=O) groups is 1. The number of carbonyl (C=O) groups excluding carboxylic acids is 1. The summed E-state index contributed by atoms with van der Waals surface area (Å²) >= 11 is 0. The van der Waals surface area contributed by atoms with E-state index in [9.17, 15) is 4.79 Å². The predicted octanol–water partition coefficient (Wildman–Crippen LogP) is 0.999. The van der Waals surface area contributed by atoms with E-state index in [2.05, 4.69) is 15.2 Å². The van der Waals surface area contributed by atoms with E-state index in [-0.39, 0.29) is 12.5 Å². The van der Waals surface area contributed by atoms with Gasteiger partial charge in [-0.1, -0.05) is 0 Å². The molecule has 0 amide bonds. The second-order valence-electron chi connectivity index (χ2n) is 5.18. The first-order valence-corrected chi connectivity index (χ1v) is 6.10. The Bertz CT molecular complexity index is 289. The molecular formula is C12H23N3O2. The molecule has 98 valence electrons. The molecule has 1 fully saturated rings. The van der Waals surface area contributed by atoms with Crippen molar-refractivity contribution in [3.05, 3.63) is 0 Å². The molecule has 0 spiro atoms. The molecule has 1 heterocycles. The monoisotopic (exact) mass is 241 g/mol. The van der Waals surface area contributed by atoms with Gasteiger partial charge in [-0.15, -0.1) is 0 Å².